The van der Waals surface area contributed by atoms with E-state index in [1.807, 2.05) is 6.07 Å². The predicted octanol–water partition coefficient (Wildman–Crippen LogP) is 4.86. The van der Waals surface area contributed by atoms with E-state index in [2.05, 4.69) is 21.2 Å². The van der Waals surface area contributed by atoms with Crippen LogP contribution in [-0.4, -0.2) is 0 Å². The molecule has 0 aliphatic heterocycles. The molecule has 0 saturated carbocycles. The number of anilines is 2. The highest BCUT2D eigenvalue weighted by Crippen LogP contribution is 2.33. The van der Waals surface area contributed by atoms with E-state index in [0.29, 0.717) is 15.7 Å². The number of hydrogen-bond donors (Lipinski definition) is 1. The fourth-order valence-corrected chi connectivity index (χ4v) is 2.33. The summed E-state index contributed by atoms with van der Waals surface area (Å²) in [6.07, 6.45) is 0. The van der Waals surface area contributed by atoms with Gasteiger partial charge in [0.05, 0.1) is 22.3 Å². The van der Waals surface area contributed by atoms with Gasteiger partial charge in [0, 0.05) is 10.2 Å². The van der Waals surface area contributed by atoms with Crippen LogP contribution in [0.2, 0.25) is 5.02 Å². The number of nitrogens with zero attached hydrogens (tertiary/aromatic N) is 1. The Labute approximate surface area is 117 Å². The van der Waals surface area contributed by atoms with Gasteiger partial charge in [-0.15, -0.1) is 0 Å². The molecule has 0 atom stereocenters. The average Bonchev–Trinajstić information content (AvgIpc) is 2.34. The number of hydrogen-bond acceptors (Lipinski definition) is 2. The van der Waals surface area contributed by atoms with Crippen molar-refractivity contribution in [3.8, 4) is 6.07 Å². The first-order chi connectivity index (χ1) is 8.60. The molecule has 2 nitrogen and oxygen atoms in total. The summed E-state index contributed by atoms with van der Waals surface area (Å²) in [6.45, 7) is 0. The Kier molecular flexibility index (Phi) is 3.85. The third-order valence-corrected chi connectivity index (χ3v) is 3.21. The van der Waals surface area contributed by atoms with Gasteiger partial charge < -0.3 is 5.32 Å². The van der Waals surface area contributed by atoms with Crippen molar-refractivity contribution in [2.45, 2.75) is 0 Å². The van der Waals surface area contributed by atoms with Gasteiger partial charge in [0.2, 0.25) is 0 Å². The smallest absolute Gasteiger partial charge is 0.125 e. The predicted molar refractivity (Wildman–Crippen MR) is 73.5 cm³/mol. The number of halogens is 3. The molecule has 2 aromatic rings. The van der Waals surface area contributed by atoms with Crippen LogP contribution in [-0.2, 0) is 0 Å². The summed E-state index contributed by atoms with van der Waals surface area (Å²) in [7, 11) is 0. The number of nitriles is 1. The molecule has 0 aliphatic rings. The SMILES string of the molecule is N#Cc1ccc(Nc2c(Cl)cc(F)cc2Br)cc1. The van der Waals surface area contributed by atoms with Crippen molar-refractivity contribution in [1.82, 2.24) is 0 Å². The summed E-state index contributed by atoms with van der Waals surface area (Å²) in [5, 5.41) is 12.0. The van der Waals surface area contributed by atoms with Crippen molar-refractivity contribution >= 4 is 38.9 Å². The largest absolute Gasteiger partial charge is 0.353 e. The molecule has 0 spiro atoms. The minimum atomic E-state index is -0.405. The standard InChI is InChI=1S/C13H7BrClFN2/c14-11-5-9(16)6-12(15)13(11)18-10-3-1-8(7-17)2-4-10/h1-6,18H. The van der Waals surface area contributed by atoms with Gasteiger partial charge in [0.1, 0.15) is 5.82 Å². The zero-order chi connectivity index (χ0) is 13.1. The van der Waals surface area contributed by atoms with Crippen molar-refractivity contribution in [3.63, 3.8) is 0 Å². The van der Waals surface area contributed by atoms with Gasteiger partial charge in [-0.3, -0.25) is 0 Å². The molecule has 0 fully saturated rings. The maximum atomic E-state index is 13.1. The molecule has 0 saturated heterocycles. The average molecular weight is 326 g/mol. The van der Waals surface area contributed by atoms with Gasteiger partial charge in [-0.2, -0.15) is 5.26 Å². The summed E-state index contributed by atoms with van der Waals surface area (Å²) >= 11 is 9.20. The number of rotatable bonds is 2. The van der Waals surface area contributed by atoms with Gasteiger partial charge in [0.25, 0.3) is 0 Å². The molecular weight excluding hydrogens is 319 g/mol. The minimum absolute atomic E-state index is 0.284. The van der Waals surface area contributed by atoms with Gasteiger partial charge in [-0.05, 0) is 52.3 Å². The van der Waals surface area contributed by atoms with E-state index in [-0.39, 0.29) is 5.02 Å². The molecule has 0 unspecified atom stereocenters. The molecule has 1 N–H and O–H groups in total. The monoisotopic (exact) mass is 324 g/mol. The third kappa shape index (κ3) is 2.81. The van der Waals surface area contributed by atoms with Crippen molar-refractivity contribution in [3.05, 3.63) is 57.3 Å². The second-order valence-electron chi connectivity index (χ2n) is 3.56. The molecule has 18 heavy (non-hydrogen) atoms. The van der Waals surface area contributed by atoms with Gasteiger partial charge in [-0.1, -0.05) is 11.6 Å². The first-order valence-electron chi connectivity index (χ1n) is 5.02. The van der Waals surface area contributed by atoms with E-state index < -0.39 is 5.82 Å². The summed E-state index contributed by atoms with van der Waals surface area (Å²) in [4.78, 5) is 0. The Balaban J connectivity index is 2.31. The zero-order valence-corrected chi connectivity index (χ0v) is 11.4. The second-order valence-corrected chi connectivity index (χ2v) is 4.82. The fourth-order valence-electron chi connectivity index (χ4n) is 1.43. The Bertz CT molecular complexity index is 597. The zero-order valence-electron chi connectivity index (χ0n) is 9.05. The van der Waals surface area contributed by atoms with Crippen LogP contribution in [0.25, 0.3) is 0 Å². The molecule has 0 radical (unpaired) electrons. The van der Waals surface area contributed by atoms with Gasteiger partial charge in [0.15, 0.2) is 0 Å². The molecule has 90 valence electrons. The van der Waals surface area contributed by atoms with E-state index in [0.717, 1.165) is 5.69 Å². The third-order valence-electron chi connectivity index (χ3n) is 2.29. The lowest BCUT2D eigenvalue weighted by molar-refractivity contribution is 0.627. The van der Waals surface area contributed by atoms with Crippen LogP contribution in [0.4, 0.5) is 15.8 Å². The summed E-state index contributed by atoms with van der Waals surface area (Å²) in [6, 6.07) is 11.5. The summed E-state index contributed by atoms with van der Waals surface area (Å²) in [5.74, 6) is -0.405. The first kappa shape index (κ1) is 12.9. The van der Waals surface area contributed by atoms with E-state index in [9.17, 15) is 4.39 Å². The maximum Gasteiger partial charge on any atom is 0.125 e. The Morgan fingerprint density at radius 2 is 1.89 bits per heavy atom. The van der Waals surface area contributed by atoms with Crippen LogP contribution in [0.1, 0.15) is 5.56 Å². The molecule has 0 amide bonds. The molecule has 0 heterocycles. The molecule has 0 aliphatic carbocycles. The van der Waals surface area contributed by atoms with Crippen LogP contribution in [0, 0.1) is 17.1 Å². The van der Waals surface area contributed by atoms with Gasteiger partial charge >= 0.3 is 0 Å². The van der Waals surface area contributed by atoms with Crippen LogP contribution in [0.5, 0.6) is 0 Å². The highest BCUT2D eigenvalue weighted by Gasteiger charge is 2.08. The van der Waals surface area contributed by atoms with Gasteiger partial charge in [-0.25, -0.2) is 4.39 Å². The highest BCUT2D eigenvalue weighted by molar-refractivity contribution is 9.10. The van der Waals surface area contributed by atoms with E-state index in [1.165, 1.54) is 12.1 Å². The van der Waals surface area contributed by atoms with Crippen molar-refractivity contribution in [2.75, 3.05) is 5.32 Å². The lowest BCUT2D eigenvalue weighted by atomic mass is 10.2. The van der Waals surface area contributed by atoms with E-state index in [1.54, 1.807) is 24.3 Å². The molecule has 2 aromatic carbocycles. The van der Waals surface area contributed by atoms with Crippen molar-refractivity contribution in [2.24, 2.45) is 0 Å². The van der Waals surface area contributed by atoms with Crippen LogP contribution < -0.4 is 5.32 Å². The lowest BCUT2D eigenvalue weighted by Crippen LogP contribution is -1.93. The van der Waals surface area contributed by atoms with Crippen LogP contribution in [0.15, 0.2) is 40.9 Å². The van der Waals surface area contributed by atoms with Crippen LogP contribution in [0.3, 0.4) is 0 Å². The second kappa shape index (κ2) is 5.38. The molecule has 0 aromatic heterocycles. The molecule has 0 bridgehead atoms. The van der Waals surface area contributed by atoms with Crippen LogP contribution >= 0.6 is 27.5 Å². The number of nitrogens with one attached hydrogen (secondary N) is 1. The summed E-state index contributed by atoms with van der Waals surface area (Å²) in [5.41, 5.74) is 1.93. The molecule has 2 rings (SSSR count). The minimum Gasteiger partial charge on any atom is -0.353 e. The van der Waals surface area contributed by atoms with Crippen molar-refractivity contribution in [1.29, 1.82) is 5.26 Å². The normalized spacial score (nSPS) is 9.89. The topological polar surface area (TPSA) is 35.8 Å². The summed E-state index contributed by atoms with van der Waals surface area (Å²) < 4.78 is 13.6. The Morgan fingerprint density at radius 1 is 1.22 bits per heavy atom. The Hall–Kier alpha value is -1.57. The molecule has 5 heteroatoms. The first-order valence-corrected chi connectivity index (χ1v) is 6.19. The molecular formula is C13H7BrClFN2. The maximum absolute atomic E-state index is 13.1. The fraction of sp³-hybridized carbons (Fsp3) is 0. The highest BCUT2D eigenvalue weighted by atomic mass is 79.9. The quantitative estimate of drug-likeness (QED) is 0.856. The number of benzene rings is 2. The van der Waals surface area contributed by atoms with Crippen molar-refractivity contribution < 1.29 is 4.39 Å². The van der Waals surface area contributed by atoms with E-state index >= 15 is 0 Å². The Morgan fingerprint density at radius 3 is 2.44 bits per heavy atom. The lowest BCUT2D eigenvalue weighted by Gasteiger charge is -2.10. The van der Waals surface area contributed by atoms with E-state index in [4.69, 9.17) is 16.9 Å².